The molecular weight excluding hydrogens is 448 g/mol. The van der Waals surface area contributed by atoms with Crippen LogP contribution in [0.4, 0.5) is 11.4 Å². The normalized spacial score (nSPS) is 20.7. The van der Waals surface area contributed by atoms with Crippen LogP contribution in [0, 0.1) is 12.8 Å². The topological polar surface area (TPSA) is 76.7 Å². The Hall–Kier alpha value is -3.45. The molecule has 1 heterocycles. The standard InChI is InChI=1S/C27H28N2O4S/c1-17-7-4-8-18(15-17)29-34(30,31)19-13-14-24-23(16-19)20-9-5-10-21(20)26(28-24)22-11-6-12-25(32-2)27(22)33-3/h4-9,11-16,20-21,26,28-29H,10H2,1-3H3. The van der Waals surface area contributed by atoms with E-state index in [-0.39, 0.29) is 22.8 Å². The monoisotopic (exact) mass is 476 g/mol. The van der Waals surface area contributed by atoms with Crippen LogP contribution in [0.1, 0.15) is 35.1 Å². The van der Waals surface area contributed by atoms with Gasteiger partial charge in [0.1, 0.15) is 0 Å². The summed E-state index contributed by atoms with van der Waals surface area (Å²) in [5.74, 6) is 1.75. The van der Waals surface area contributed by atoms with Gasteiger partial charge < -0.3 is 14.8 Å². The second kappa shape index (κ2) is 8.72. The van der Waals surface area contributed by atoms with E-state index in [2.05, 4.69) is 28.3 Å². The number of anilines is 2. The fourth-order valence-corrected chi connectivity index (χ4v) is 6.21. The molecule has 0 aromatic heterocycles. The third kappa shape index (κ3) is 3.90. The minimum Gasteiger partial charge on any atom is -0.493 e. The lowest BCUT2D eigenvalue weighted by atomic mass is 9.77. The van der Waals surface area contributed by atoms with E-state index in [0.717, 1.165) is 34.5 Å². The van der Waals surface area contributed by atoms with Crippen molar-refractivity contribution >= 4 is 21.4 Å². The first-order chi connectivity index (χ1) is 16.4. The molecule has 0 saturated carbocycles. The maximum atomic E-state index is 13.2. The molecule has 3 atom stereocenters. The first-order valence-electron chi connectivity index (χ1n) is 11.3. The lowest BCUT2D eigenvalue weighted by molar-refractivity contribution is 0.341. The molecule has 1 aliphatic carbocycles. The van der Waals surface area contributed by atoms with Crippen molar-refractivity contribution in [2.75, 3.05) is 24.3 Å². The fourth-order valence-electron chi connectivity index (χ4n) is 5.13. The molecule has 3 aromatic rings. The van der Waals surface area contributed by atoms with Crippen molar-refractivity contribution < 1.29 is 17.9 Å². The van der Waals surface area contributed by atoms with Gasteiger partial charge in [-0.15, -0.1) is 0 Å². The summed E-state index contributed by atoms with van der Waals surface area (Å²) < 4.78 is 40.2. The zero-order valence-corrected chi connectivity index (χ0v) is 20.2. The lowest BCUT2D eigenvalue weighted by Crippen LogP contribution is -2.29. The summed E-state index contributed by atoms with van der Waals surface area (Å²) in [4.78, 5) is 0.256. The van der Waals surface area contributed by atoms with Gasteiger partial charge >= 0.3 is 0 Å². The van der Waals surface area contributed by atoms with Crippen molar-refractivity contribution in [3.63, 3.8) is 0 Å². The summed E-state index contributed by atoms with van der Waals surface area (Å²) in [6.45, 7) is 1.93. The Bertz CT molecular complexity index is 1370. The SMILES string of the molecule is COc1cccc(C2Nc3ccc(S(=O)(=O)Nc4cccc(C)c4)cc3C3C=CCC32)c1OC. The van der Waals surface area contributed by atoms with E-state index >= 15 is 0 Å². The summed E-state index contributed by atoms with van der Waals surface area (Å²) in [7, 11) is -0.426. The predicted molar refractivity (Wildman–Crippen MR) is 134 cm³/mol. The fraction of sp³-hybridized carbons (Fsp3) is 0.259. The van der Waals surface area contributed by atoms with Crippen LogP contribution in [0.2, 0.25) is 0 Å². The number of aryl methyl sites for hydroxylation is 1. The number of hydrogen-bond donors (Lipinski definition) is 2. The van der Waals surface area contributed by atoms with Crippen molar-refractivity contribution in [1.82, 2.24) is 0 Å². The molecule has 0 saturated heterocycles. The highest BCUT2D eigenvalue weighted by molar-refractivity contribution is 7.92. The number of hydrogen-bond acceptors (Lipinski definition) is 5. The molecule has 3 unspecified atom stereocenters. The maximum absolute atomic E-state index is 13.2. The molecule has 1 aliphatic heterocycles. The molecule has 3 aromatic carbocycles. The number of allylic oxidation sites excluding steroid dienone is 2. The number of benzene rings is 3. The zero-order valence-electron chi connectivity index (χ0n) is 19.4. The highest BCUT2D eigenvalue weighted by Gasteiger charge is 2.40. The Labute approximate surface area is 200 Å². The molecule has 0 radical (unpaired) electrons. The van der Waals surface area contributed by atoms with E-state index < -0.39 is 10.0 Å². The van der Waals surface area contributed by atoms with Crippen molar-refractivity contribution in [2.45, 2.75) is 30.2 Å². The summed E-state index contributed by atoms with van der Waals surface area (Å²) in [5.41, 5.74) is 4.50. The Kier molecular flexibility index (Phi) is 5.73. The Morgan fingerprint density at radius 2 is 1.79 bits per heavy atom. The van der Waals surface area contributed by atoms with Crippen LogP contribution in [-0.2, 0) is 10.0 Å². The van der Waals surface area contributed by atoms with Gasteiger partial charge in [-0.3, -0.25) is 4.72 Å². The van der Waals surface area contributed by atoms with E-state index in [1.165, 1.54) is 0 Å². The van der Waals surface area contributed by atoms with Crippen molar-refractivity contribution in [3.05, 3.63) is 89.5 Å². The highest BCUT2D eigenvalue weighted by Crippen LogP contribution is 2.52. The van der Waals surface area contributed by atoms with Gasteiger partial charge in [0.25, 0.3) is 10.0 Å². The van der Waals surface area contributed by atoms with Gasteiger partial charge in [0.2, 0.25) is 0 Å². The van der Waals surface area contributed by atoms with Crippen LogP contribution >= 0.6 is 0 Å². The molecule has 5 rings (SSSR count). The van der Waals surface area contributed by atoms with Gasteiger partial charge in [-0.05, 0) is 66.8 Å². The Morgan fingerprint density at radius 1 is 0.971 bits per heavy atom. The number of fused-ring (bicyclic) bond motifs is 3. The molecule has 34 heavy (non-hydrogen) atoms. The molecule has 2 N–H and O–H groups in total. The van der Waals surface area contributed by atoms with Crippen LogP contribution in [0.25, 0.3) is 0 Å². The molecule has 0 amide bonds. The number of methoxy groups -OCH3 is 2. The van der Waals surface area contributed by atoms with Crippen molar-refractivity contribution in [1.29, 1.82) is 0 Å². The zero-order chi connectivity index (χ0) is 23.9. The van der Waals surface area contributed by atoms with Crippen LogP contribution in [0.15, 0.2) is 77.7 Å². The van der Waals surface area contributed by atoms with Crippen LogP contribution in [-0.4, -0.2) is 22.6 Å². The van der Waals surface area contributed by atoms with Gasteiger partial charge in [0, 0.05) is 22.9 Å². The number of para-hydroxylation sites is 1. The van der Waals surface area contributed by atoms with E-state index in [1.807, 2.05) is 43.3 Å². The second-order valence-electron chi connectivity index (χ2n) is 8.78. The van der Waals surface area contributed by atoms with Gasteiger partial charge in [0.05, 0.1) is 25.2 Å². The lowest BCUT2D eigenvalue weighted by Gasteiger charge is -2.38. The summed E-state index contributed by atoms with van der Waals surface area (Å²) in [6.07, 6.45) is 5.26. The van der Waals surface area contributed by atoms with E-state index in [1.54, 1.807) is 32.4 Å². The van der Waals surface area contributed by atoms with Crippen molar-refractivity contribution in [2.24, 2.45) is 5.92 Å². The van der Waals surface area contributed by atoms with Gasteiger partial charge in [-0.25, -0.2) is 8.42 Å². The van der Waals surface area contributed by atoms with Gasteiger partial charge in [0.15, 0.2) is 11.5 Å². The molecule has 7 heteroatoms. The van der Waals surface area contributed by atoms with Gasteiger partial charge in [-0.1, -0.05) is 36.4 Å². The predicted octanol–water partition coefficient (Wildman–Crippen LogP) is 5.64. The molecule has 0 fully saturated rings. The molecule has 2 aliphatic rings. The number of ether oxygens (including phenoxy) is 2. The Morgan fingerprint density at radius 3 is 2.56 bits per heavy atom. The van der Waals surface area contributed by atoms with E-state index in [0.29, 0.717) is 11.4 Å². The molecule has 6 nitrogen and oxygen atoms in total. The smallest absolute Gasteiger partial charge is 0.261 e. The van der Waals surface area contributed by atoms with Crippen LogP contribution < -0.4 is 19.5 Å². The van der Waals surface area contributed by atoms with Crippen LogP contribution in [0.3, 0.4) is 0 Å². The molecule has 176 valence electrons. The van der Waals surface area contributed by atoms with E-state index in [9.17, 15) is 8.42 Å². The van der Waals surface area contributed by atoms with Crippen LogP contribution in [0.5, 0.6) is 11.5 Å². The van der Waals surface area contributed by atoms with Crippen molar-refractivity contribution in [3.8, 4) is 11.5 Å². The molecule has 0 spiro atoms. The molecule has 0 bridgehead atoms. The first-order valence-corrected chi connectivity index (χ1v) is 12.8. The number of sulfonamides is 1. The average molecular weight is 477 g/mol. The quantitative estimate of drug-likeness (QED) is 0.450. The molecular formula is C27H28N2O4S. The minimum absolute atomic E-state index is 0.00502. The third-order valence-corrected chi connectivity index (χ3v) is 8.06. The largest absolute Gasteiger partial charge is 0.493 e. The summed E-state index contributed by atoms with van der Waals surface area (Å²) >= 11 is 0. The van der Waals surface area contributed by atoms with E-state index in [4.69, 9.17) is 9.47 Å². The summed E-state index contributed by atoms with van der Waals surface area (Å²) in [6, 6.07) is 18.6. The summed E-state index contributed by atoms with van der Waals surface area (Å²) in [5, 5.41) is 3.66. The third-order valence-electron chi connectivity index (χ3n) is 6.68. The second-order valence-corrected chi connectivity index (χ2v) is 10.5. The van der Waals surface area contributed by atoms with Gasteiger partial charge in [-0.2, -0.15) is 0 Å². The minimum atomic E-state index is -3.72. The maximum Gasteiger partial charge on any atom is 0.261 e. The highest BCUT2D eigenvalue weighted by atomic mass is 32.2. The number of rotatable bonds is 6. The Balaban J connectivity index is 1.51. The average Bonchev–Trinajstić information content (AvgIpc) is 3.33. The first kappa shape index (κ1) is 22.3. The number of nitrogens with one attached hydrogen (secondary N) is 2.